The highest BCUT2D eigenvalue weighted by Gasteiger charge is 2.24. The van der Waals surface area contributed by atoms with Crippen LogP contribution in [0, 0.1) is 25.7 Å². The topological polar surface area (TPSA) is 20.3 Å². The normalized spacial score (nSPS) is 24.4. The average molecular weight is 259 g/mol. The van der Waals surface area contributed by atoms with E-state index in [2.05, 4.69) is 24.8 Å². The lowest BCUT2D eigenvalue weighted by molar-refractivity contribution is 0.0849. The lowest BCUT2D eigenvalue weighted by Gasteiger charge is -2.34. The van der Waals surface area contributed by atoms with Gasteiger partial charge in [0.1, 0.15) is 0 Å². The molecular weight excluding hydrogens is 234 g/mol. The number of Topliss-reactive ketones (excluding diaryl/α,β-unsaturated/α-hetero) is 1. The van der Waals surface area contributed by atoms with Crippen LogP contribution in [0.15, 0.2) is 18.2 Å². The number of hydrogen-bond donors (Lipinski definition) is 0. The molecule has 104 valence electrons. The van der Waals surface area contributed by atoms with Crippen molar-refractivity contribution >= 4 is 5.78 Å². The molecule has 1 saturated heterocycles. The van der Waals surface area contributed by atoms with Crippen LogP contribution in [0.3, 0.4) is 0 Å². The third-order valence-electron chi connectivity index (χ3n) is 4.01. The van der Waals surface area contributed by atoms with Gasteiger partial charge in [-0.1, -0.05) is 31.5 Å². The second-order valence-electron chi connectivity index (χ2n) is 6.38. The summed E-state index contributed by atoms with van der Waals surface area (Å²) in [5.74, 6) is 1.67. The van der Waals surface area contributed by atoms with E-state index < -0.39 is 0 Å². The Morgan fingerprint density at radius 2 is 1.84 bits per heavy atom. The van der Waals surface area contributed by atoms with Gasteiger partial charge in [-0.15, -0.1) is 0 Å². The van der Waals surface area contributed by atoms with Crippen molar-refractivity contribution in [1.29, 1.82) is 0 Å². The highest BCUT2D eigenvalue weighted by Crippen LogP contribution is 2.21. The number of carbonyl (C=O) groups is 1. The molecule has 0 aliphatic carbocycles. The summed E-state index contributed by atoms with van der Waals surface area (Å²) in [6, 6.07) is 6.13. The van der Waals surface area contributed by atoms with Crippen LogP contribution < -0.4 is 0 Å². The molecule has 2 unspecified atom stereocenters. The molecule has 19 heavy (non-hydrogen) atoms. The largest absolute Gasteiger partial charge is 0.295 e. The maximum atomic E-state index is 12.5. The minimum atomic E-state index is 0.266. The fraction of sp³-hybridized carbons (Fsp3) is 0.588. The molecule has 0 saturated carbocycles. The summed E-state index contributed by atoms with van der Waals surface area (Å²) < 4.78 is 0. The van der Waals surface area contributed by atoms with Gasteiger partial charge >= 0.3 is 0 Å². The van der Waals surface area contributed by atoms with Crippen LogP contribution in [0.2, 0.25) is 0 Å². The number of carbonyl (C=O) groups excluding carboxylic acids is 1. The van der Waals surface area contributed by atoms with Gasteiger partial charge in [0.25, 0.3) is 0 Å². The second kappa shape index (κ2) is 5.87. The van der Waals surface area contributed by atoms with Crippen LogP contribution in [-0.4, -0.2) is 30.3 Å². The Kier molecular flexibility index (Phi) is 4.41. The van der Waals surface area contributed by atoms with Crippen molar-refractivity contribution in [2.45, 2.75) is 34.1 Å². The molecule has 2 heteroatoms. The van der Waals surface area contributed by atoms with Crippen LogP contribution >= 0.6 is 0 Å². The molecule has 1 aromatic rings. The number of ketones is 1. The maximum absolute atomic E-state index is 12.5. The third kappa shape index (κ3) is 3.66. The van der Waals surface area contributed by atoms with Gasteiger partial charge in [-0.3, -0.25) is 9.69 Å². The molecule has 1 fully saturated rings. The Labute approximate surface area is 116 Å². The number of hydrogen-bond acceptors (Lipinski definition) is 2. The van der Waals surface area contributed by atoms with Gasteiger partial charge in [0.2, 0.25) is 0 Å². The van der Waals surface area contributed by atoms with Crippen molar-refractivity contribution in [3.05, 3.63) is 34.9 Å². The zero-order valence-corrected chi connectivity index (χ0v) is 12.6. The summed E-state index contributed by atoms with van der Waals surface area (Å²) in [5, 5.41) is 0. The molecule has 2 atom stereocenters. The number of rotatable bonds is 3. The Bertz CT molecular complexity index is 456. The molecule has 1 aliphatic rings. The minimum Gasteiger partial charge on any atom is -0.295 e. The summed E-state index contributed by atoms with van der Waals surface area (Å²) in [6.45, 7) is 11.3. The first kappa shape index (κ1) is 14.3. The number of aryl methyl sites for hydroxylation is 2. The molecule has 1 aromatic carbocycles. The van der Waals surface area contributed by atoms with Crippen LogP contribution in [0.25, 0.3) is 0 Å². The van der Waals surface area contributed by atoms with E-state index in [9.17, 15) is 4.79 Å². The van der Waals surface area contributed by atoms with Gasteiger partial charge in [-0.2, -0.15) is 0 Å². The first-order valence-corrected chi connectivity index (χ1v) is 7.28. The monoisotopic (exact) mass is 259 g/mol. The Morgan fingerprint density at radius 1 is 1.21 bits per heavy atom. The van der Waals surface area contributed by atoms with Gasteiger partial charge in [0, 0.05) is 18.7 Å². The van der Waals surface area contributed by atoms with Crippen molar-refractivity contribution in [2.24, 2.45) is 11.8 Å². The molecular formula is C17H25NO. The quantitative estimate of drug-likeness (QED) is 0.775. The van der Waals surface area contributed by atoms with Gasteiger partial charge in [0.15, 0.2) is 5.78 Å². The van der Waals surface area contributed by atoms with Crippen molar-refractivity contribution in [3.8, 4) is 0 Å². The van der Waals surface area contributed by atoms with Crippen LogP contribution in [0.4, 0.5) is 0 Å². The van der Waals surface area contributed by atoms with E-state index in [-0.39, 0.29) is 5.78 Å². The molecule has 0 radical (unpaired) electrons. The smallest absolute Gasteiger partial charge is 0.177 e. The zero-order valence-electron chi connectivity index (χ0n) is 12.6. The Morgan fingerprint density at radius 3 is 2.47 bits per heavy atom. The van der Waals surface area contributed by atoms with E-state index >= 15 is 0 Å². The minimum absolute atomic E-state index is 0.266. The molecule has 0 spiro atoms. The highest BCUT2D eigenvalue weighted by molar-refractivity contribution is 5.99. The SMILES string of the molecule is Cc1ccc(C)c(C(=O)CN2CC(C)CC(C)C2)c1. The van der Waals surface area contributed by atoms with Gasteiger partial charge in [-0.25, -0.2) is 0 Å². The first-order valence-electron chi connectivity index (χ1n) is 7.28. The number of piperidine rings is 1. The van der Waals surface area contributed by atoms with Crippen molar-refractivity contribution in [1.82, 2.24) is 4.90 Å². The van der Waals surface area contributed by atoms with Crippen LogP contribution in [-0.2, 0) is 0 Å². The summed E-state index contributed by atoms with van der Waals surface area (Å²) in [7, 11) is 0. The van der Waals surface area contributed by atoms with E-state index in [0.717, 1.165) is 29.8 Å². The zero-order chi connectivity index (χ0) is 14.0. The van der Waals surface area contributed by atoms with Crippen LogP contribution in [0.5, 0.6) is 0 Å². The number of likely N-dealkylation sites (tertiary alicyclic amines) is 1. The van der Waals surface area contributed by atoms with Crippen molar-refractivity contribution in [3.63, 3.8) is 0 Å². The molecule has 1 aliphatic heterocycles. The average Bonchev–Trinajstić information content (AvgIpc) is 2.30. The van der Waals surface area contributed by atoms with E-state index in [4.69, 9.17) is 0 Å². The summed E-state index contributed by atoms with van der Waals surface area (Å²) in [6.07, 6.45) is 1.29. The summed E-state index contributed by atoms with van der Waals surface area (Å²) in [4.78, 5) is 14.8. The summed E-state index contributed by atoms with van der Waals surface area (Å²) in [5.41, 5.74) is 3.15. The molecule has 1 heterocycles. The van der Waals surface area contributed by atoms with E-state index in [1.54, 1.807) is 0 Å². The predicted molar refractivity (Wildman–Crippen MR) is 79.6 cm³/mol. The maximum Gasteiger partial charge on any atom is 0.177 e. The fourth-order valence-electron chi connectivity index (χ4n) is 3.25. The molecule has 0 aromatic heterocycles. The molecule has 0 amide bonds. The lowest BCUT2D eigenvalue weighted by atomic mass is 9.91. The van der Waals surface area contributed by atoms with E-state index in [0.29, 0.717) is 18.4 Å². The summed E-state index contributed by atoms with van der Waals surface area (Å²) >= 11 is 0. The number of benzene rings is 1. The first-order chi connectivity index (χ1) is 8.95. The Hall–Kier alpha value is -1.15. The van der Waals surface area contributed by atoms with Gasteiger partial charge in [0.05, 0.1) is 6.54 Å². The van der Waals surface area contributed by atoms with Crippen molar-refractivity contribution < 1.29 is 4.79 Å². The second-order valence-corrected chi connectivity index (χ2v) is 6.38. The molecule has 0 bridgehead atoms. The molecule has 2 nitrogen and oxygen atoms in total. The van der Waals surface area contributed by atoms with Crippen molar-refractivity contribution in [2.75, 3.05) is 19.6 Å². The van der Waals surface area contributed by atoms with Gasteiger partial charge in [-0.05, 0) is 43.7 Å². The predicted octanol–water partition coefficient (Wildman–Crippen LogP) is 3.46. The Balaban J connectivity index is 2.06. The van der Waals surface area contributed by atoms with Gasteiger partial charge < -0.3 is 0 Å². The van der Waals surface area contributed by atoms with E-state index in [1.807, 2.05) is 26.0 Å². The third-order valence-corrected chi connectivity index (χ3v) is 4.01. The van der Waals surface area contributed by atoms with Crippen LogP contribution in [0.1, 0.15) is 41.8 Å². The van der Waals surface area contributed by atoms with E-state index in [1.165, 1.54) is 6.42 Å². The fourth-order valence-corrected chi connectivity index (χ4v) is 3.25. The molecule has 2 rings (SSSR count). The lowest BCUT2D eigenvalue weighted by Crippen LogP contribution is -2.41. The number of nitrogens with zero attached hydrogens (tertiary/aromatic N) is 1. The highest BCUT2D eigenvalue weighted by atomic mass is 16.1. The standard InChI is InChI=1S/C17H25NO/c1-12-5-6-15(4)16(8-12)17(19)11-18-9-13(2)7-14(3)10-18/h5-6,8,13-14H,7,9-11H2,1-4H3. The molecule has 0 N–H and O–H groups in total.